The van der Waals surface area contributed by atoms with Crippen molar-refractivity contribution in [3.8, 4) is 0 Å². The van der Waals surface area contributed by atoms with Gasteiger partial charge in [-0.1, -0.05) is 39.0 Å². The van der Waals surface area contributed by atoms with Gasteiger partial charge in [0.05, 0.1) is 32.0 Å². The highest BCUT2D eigenvalue weighted by Gasteiger charge is 2.60. The number of nitrogens with zero attached hydrogens (tertiary/aromatic N) is 4. The third-order valence-electron chi connectivity index (χ3n) is 8.46. The molecular weight excluding hydrogens is 693 g/mol. The SMILES string of the molecule is CCOP(=O)(OCC)[C@H](O[Si](C)(C)C(C)(C)C)[C@@H](ON=[N+]=[N-])[C@H]1O[C@@H](n2cc(C)c(=O)[nH]c2=O)[C@H](OCCOC)[C@@H]1OC(=O)c1ccccc1. The fourth-order valence-corrected chi connectivity index (χ4v) is 9.03. The van der Waals surface area contributed by atoms with Crippen LogP contribution in [0.5, 0.6) is 0 Å². The normalized spacial score (nSPS) is 20.9. The Morgan fingerprint density at radius 2 is 1.76 bits per heavy atom. The molecule has 1 fully saturated rings. The van der Waals surface area contributed by atoms with Crippen LogP contribution >= 0.6 is 7.60 Å². The van der Waals surface area contributed by atoms with E-state index in [-0.39, 0.29) is 37.6 Å². The highest BCUT2D eigenvalue weighted by atomic mass is 31.2. The van der Waals surface area contributed by atoms with Gasteiger partial charge in [0.25, 0.3) is 5.56 Å². The van der Waals surface area contributed by atoms with Crippen molar-refractivity contribution in [2.75, 3.05) is 33.5 Å². The second-order valence-electron chi connectivity index (χ2n) is 12.9. The summed E-state index contributed by atoms with van der Waals surface area (Å²) >= 11 is 0. The molecule has 0 unspecified atom stereocenters. The first-order valence-electron chi connectivity index (χ1n) is 16.2. The fraction of sp³-hybridized carbons (Fsp3) is 0.645. The van der Waals surface area contributed by atoms with E-state index < -0.39 is 74.7 Å². The Hall–Kier alpha value is -3.31. The predicted octanol–water partition coefficient (Wildman–Crippen LogP) is 5.22. The first-order chi connectivity index (χ1) is 23.5. The van der Waals surface area contributed by atoms with E-state index in [0.717, 1.165) is 4.57 Å². The maximum atomic E-state index is 14.7. The van der Waals surface area contributed by atoms with Crippen molar-refractivity contribution in [1.82, 2.24) is 9.55 Å². The number of rotatable bonds is 18. The van der Waals surface area contributed by atoms with Gasteiger partial charge in [0, 0.05) is 23.8 Å². The molecule has 1 aliphatic rings. The van der Waals surface area contributed by atoms with E-state index in [1.165, 1.54) is 32.4 Å². The number of hydrogen-bond donors (Lipinski definition) is 1. The largest absolute Gasteiger partial charge is 0.453 e. The zero-order valence-electron chi connectivity index (χ0n) is 29.9. The van der Waals surface area contributed by atoms with Crippen molar-refractivity contribution >= 4 is 21.9 Å². The summed E-state index contributed by atoms with van der Waals surface area (Å²) in [6, 6.07) is 8.10. The van der Waals surface area contributed by atoms with Crippen molar-refractivity contribution in [1.29, 1.82) is 0 Å². The number of benzene rings is 1. The van der Waals surface area contributed by atoms with Crippen molar-refractivity contribution in [3.05, 3.63) is 78.9 Å². The van der Waals surface area contributed by atoms with Gasteiger partial charge in [0.15, 0.2) is 32.6 Å². The lowest BCUT2D eigenvalue weighted by molar-refractivity contribution is -0.134. The van der Waals surface area contributed by atoms with Crippen LogP contribution in [0.15, 0.2) is 51.4 Å². The van der Waals surface area contributed by atoms with Gasteiger partial charge >= 0.3 is 19.3 Å². The molecule has 0 radical (unpaired) electrons. The lowest BCUT2D eigenvalue weighted by atomic mass is 10.0. The number of nitrogens with one attached hydrogen (secondary N) is 1. The van der Waals surface area contributed by atoms with Crippen LogP contribution in [0, 0.1) is 6.92 Å². The molecule has 0 saturated carbocycles. The second-order valence-corrected chi connectivity index (χ2v) is 19.8. The number of esters is 1. The Morgan fingerprint density at radius 3 is 2.32 bits per heavy atom. The molecule has 17 nitrogen and oxygen atoms in total. The summed E-state index contributed by atoms with van der Waals surface area (Å²) in [5.41, 5.74) is 8.29. The molecule has 1 aliphatic heterocycles. The number of methoxy groups -OCH3 is 1. The summed E-state index contributed by atoms with van der Waals surface area (Å²) in [5.74, 6) is -2.40. The Bertz CT molecular complexity index is 1630. The van der Waals surface area contributed by atoms with Gasteiger partial charge in [-0.2, -0.15) is 0 Å². The van der Waals surface area contributed by atoms with Gasteiger partial charge in [-0.05, 0) is 56.6 Å². The van der Waals surface area contributed by atoms with E-state index in [2.05, 4.69) is 15.2 Å². The van der Waals surface area contributed by atoms with Gasteiger partial charge in [0.1, 0.15) is 17.5 Å². The number of ether oxygens (including phenoxy) is 4. The molecule has 0 amide bonds. The standard InChI is InChI=1S/C31H48N5O12PSi/c1-10-43-49(40,44-11-2)29(48-50(8,9)31(4,5)6)25(47-35-34-32)23-22(46-28(38)21-15-13-12-14-16-21)24(42-18-17-41-7)27(45-23)36-19-20(3)26(37)33-30(36)39/h12-16,19,22-25,27,29H,10-11,17-18H2,1-9H3,(H,33,37,39)/t22-,23+,24-,25+,27-,29+/m1/s1. The maximum absolute atomic E-state index is 14.7. The van der Waals surface area contributed by atoms with Crippen molar-refractivity contribution in [2.45, 2.75) is 96.2 Å². The van der Waals surface area contributed by atoms with Crippen LogP contribution in [0.25, 0.3) is 10.4 Å². The van der Waals surface area contributed by atoms with E-state index in [4.69, 9.17) is 37.3 Å². The van der Waals surface area contributed by atoms with Gasteiger partial charge in [-0.15, -0.1) is 0 Å². The molecule has 278 valence electrons. The first kappa shape index (κ1) is 41.1. The number of carbonyl (C=O) groups is 1. The zero-order chi connectivity index (χ0) is 37.3. The molecule has 1 aromatic carbocycles. The number of carbonyl (C=O) groups excluding carboxylic acids is 1. The van der Waals surface area contributed by atoms with Gasteiger partial charge < -0.3 is 37.3 Å². The van der Waals surface area contributed by atoms with Crippen LogP contribution in [-0.4, -0.2) is 87.6 Å². The molecular formula is C31H48N5O12PSi. The number of aromatic nitrogens is 2. The monoisotopic (exact) mass is 741 g/mol. The van der Waals surface area contributed by atoms with Crippen LogP contribution in [-0.2, 0) is 41.8 Å². The smallest absolute Gasteiger partial charge is 0.361 e. The predicted molar refractivity (Wildman–Crippen MR) is 184 cm³/mol. The number of aromatic amines is 1. The molecule has 0 bridgehead atoms. The molecule has 1 N–H and O–H groups in total. The summed E-state index contributed by atoms with van der Waals surface area (Å²) in [4.78, 5) is 50.0. The van der Waals surface area contributed by atoms with Crippen molar-refractivity contribution in [3.63, 3.8) is 0 Å². The van der Waals surface area contributed by atoms with E-state index in [1.54, 1.807) is 32.0 Å². The number of H-pyrrole nitrogens is 1. The second kappa shape index (κ2) is 17.8. The van der Waals surface area contributed by atoms with Crippen LogP contribution in [0.1, 0.15) is 56.8 Å². The van der Waals surface area contributed by atoms with Gasteiger partial charge in [-0.25, -0.2) is 9.59 Å². The highest BCUT2D eigenvalue weighted by Crippen LogP contribution is 2.58. The molecule has 3 rings (SSSR count). The fourth-order valence-electron chi connectivity index (χ4n) is 4.96. The van der Waals surface area contributed by atoms with Crippen LogP contribution in [0.3, 0.4) is 0 Å². The third-order valence-corrected chi connectivity index (χ3v) is 15.4. The molecule has 0 aliphatic carbocycles. The van der Waals surface area contributed by atoms with Crippen LogP contribution < -0.4 is 11.2 Å². The van der Waals surface area contributed by atoms with Gasteiger partial charge in [-0.3, -0.25) is 18.9 Å². The summed E-state index contributed by atoms with van der Waals surface area (Å²) < 4.78 is 58.1. The lowest BCUT2D eigenvalue weighted by Crippen LogP contribution is -2.53. The lowest BCUT2D eigenvalue weighted by Gasteiger charge is -2.43. The minimum absolute atomic E-state index is 0.0492. The van der Waals surface area contributed by atoms with Crippen molar-refractivity contribution in [2.24, 2.45) is 5.28 Å². The molecule has 50 heavy (non-hydrogen) atoms. The first-order valence-corrected chi connectivity index (χ1v) is 20.7. The number of aryl methyl sites for hydroxylation is 1. The number of hydrogen-bond acceptors (Lipinski definition) is 13. The van der Waals surface area contributed by atoms with Crippen molar-refractivity contribution < 1.29 is 46.6 Å². The molecule has 2 heterocycles. The highest BCUT2D eigenvalue weighted by molar-refractivity contribution is 7.54. The zero-order valence-corrected chi connectivity index (χ0v) is 31.8. The quantitative estimate of drug-likeness (QED) is 0.0304. The average molecular weight is 742 g/mol. The molecule has 6 atom stereocenters. The summed E-state index contributed by atoms with van der Waals surface area (Å²) in [5, 5.41) is 2.92. The summed E-state index contributed by atoms with van der Waals surface area (Å²) in [7, 11) is -5.75. The number of azide groups is 1. The Morgan fingerprint density at radius 1 is 1.12 bits per heavy atom. The molecule has 1 aromatic heterocycles. The summed E-state index contributed by atoms with van der Waals surface area (Å²) in [6.07, 6.45) is -5.96. The Balaban J connectivity index is 2.35. The molecule has 19 heteroatoms. The van der Waals surface area contributed by atoms with Gasteiger partial charge in [0.2, 0.25) is 0 Å². The van der Waals surface area contributed by atoms with Crippen LogP contribution in [0.4, 0.5) is 0 Å². The summed E-state index contributed by atoms with van der Waals surface area (Å²) in [6.45, 7) is 14.4. The Kier molecular flexibility index (Phi) is 14.6. The topological polar surface area (TPSA) is 212 Å². The van der Waals surface area contributed by atoms with E-state index in [1.807, 2.05) is 33.9 Å². The van der Waals surface area contributed by atoms with E-state index >= 15 is 0 Å². The average Bonchev–Trinajstić information content (AvgIpc) is 3.39. The molecule has 1 saturated heterocycles. The Labute approximate surface area is 291 Å². The molecule has 0 spiro atoms. The van der Waals surface area contributed by atoms with E-state index in [0.29, 0.717) is 0 Å². The van der Waals surface area contributed by atoms with Crippen LogP contribution in [0.2, 0.25) is 18.1 Å². The maximum Gasteiger partial charge on any atom is 0.361 e. The third kappa shape index (κ3) is 9.72. The minimum Gasteiger partial charge on any atom is -0.453 e. The minimum atomic E-state index is -4.32. The molecule has 2 aromatic rings. The van der Waals surface area contributed by atoms with E-state index in [9.17, 15) is 24.5 Å².